The Bertz CT molecular complexity index is 560. The Morgan fingerprint density at radius 3 is 2.67 bits per heavy atom. The first-order chi connectivity index (χ1) is 8.61. The fourth-order valence-electron chi connectivity index (χ4n) is 1.50. The number of nitrogens with zero attached hydrogens (tertiary/aromatic N) is 1. The smallest absolute Gasteiger partial charge is 0.360 e. The third-order valence-corrected chi connectivity index (χ3v) is 2.36. The Labute approximate surface area is 103 Å². The van der Waals surface area contributed by atoms with Crippen molar-refractivity contribution in [3.63, 3.8) is 0 Å². The molecule has 0 aliphatic rings. The Hall–Kier alpha value is -2.17. The van der Waals surface area contributed by atoms with Crippen LogP contribution in [-0.4, -0.2) is 17.6 Å². The number of carbonyl (C=O) groups excluding carboxylic acids is 1. The minimum Gasteiger partial charge on any atom is -0.461 e. The summed E-state index contributed by atoms with van der Waals surface area (Å²) >= 11 is 0. The van der Waals surface area contributed by atoms with Gasteiger partial charge in [0.25, 0.3) is 0 Å². The first-order valence-electron chi connectivity index (χ1n) is 5.52. The molecule has 0 aliphatic carbocycles. The predicted molar refractivity (Wildman–Crippen MR) is 62.6 cm³/mol. The third kappa shape index (κ3) is 2.40. The zero-order valence-corrected chi connectivity index (χ0v) is 10.1. The molecule has 0 amide bonds. The number of esters is 1. The normalized spacial score (nSPS) is 10.4. The molecule has 0 atom stereocenters. The molecule has 1 aromatic carbocycles. The van der Waals surface area contributed by atoms with Gasteiger partial charge in [0.15, 0.2) is 5.69 Å². The van der Waals surface area contributed by atoms with Gasteiger partial charge in [-0.3, -0.25) is 0 Å². The SMILES string of the molecule is CCOC(=O)c1nc(-c2ccc(F)cc2)oc1C. The van der Waals surface area contributed by atoms with Gasteiger partial charge in [-0.2, -0.15) is 0 Å². The van der Waals surface area contributed by atoms with Crippen molar-refractivity contribution < 1.29 is 18.3 Å². The van der Waals surface area contributed by atoms with Gasteiger partial charge in [0.2, 0.25) is 5.89 Å². The molecule has 0 bridgehead atoms. The Balaban J connectivity index is 2.34. The Kier molecular flexibility index (Phi) is 3.41. The molecule has 0 unspecified atom stereocenters. The lowest BCUT2D eigenvalue weighted by atomic mass is 10.2. The second-order valence-electron chi connectivity index (χ2n) is 3.65. The van der Waals surface area contributed by atoms with E-state index in [1.165, 1.54) is 24.3 Å². The highest BCUT2D eigenvalue weighted by atomic mass is 19.1. The van der Waals surface area contributed by atoms with Crippen LogP contribution >= 0.6 is 0 Å². The van der Waals surface area contributed by atoms with Crippen LogP contribution in [0.15, 0.2) is 28.7 Å². The molecular formula is C13H12FNO3. The van der Waals surface area contributed by atoms with Crippen molar-refractivity contribution in [1.82, 2.24) is 4.98 Å². The molecule has 94 valence electrons. The van der Waals surface area contributed by atoms with Gasteiger partial charge in [-0.05, 0) is 38.1 Å². The number of benzene rings is 1. The van der Waals surface area contributed by atoms with E-state index in [1.54, 1.807) is 13.8 Å². The first kappa shape index (κ1) is 12.3. The summed E-state index contributed by atoms with van der Waals surface area (Å²) in [6.07, 6.45) is 0. The maximum Gasteiger partial charge on any atom is 0.360 e. The Morgan fingerprint density at radius 1 is 1.39 bits per heavy atom. The van der Waals surface area contributed by atoms with Crippen molar-refractivity contribution in [2.75, 3.05) is 6.61 Å². The van der Waals surface area contributed by atoms with E-state index in [0.717, 1.165) is 0 Å². The molecule has 1 heterocycles. The number of rotatable bonds is 3. The number of halogens is 1. The zero-order chi connectivity index (χ0) is 13.1. The first-order valence-corrected chi connectivity index (χ1v) is 5.52. The van der Waals surface area contributed by atoms with E-state index in [-0.39, 0.29) is 24.0 Å². The minimum absolute atomic E-state index is 0.149. The van der Waals surface area contributed by atoms with E-state index < -0.39 is 5.97 Å². The number of oxazole rings is 1. The summed E-state index contributed by atoms with van der Waals surface area (Å²) in [6.45, 7) is 3.62. The van der Waals surface area contributed by atoms with Crippen LogP contribution in [0.4, 0.5) is 4.39 Å². The van der Waals surface area contributed by atoms with Crippen LogP contribution in [0.2, 0.25) is 0 Å². The number of hydrogen-bond donors (Lipinski definition) is 0. The van der Waals surface area contributed by atoms with Gasteiger partial charge < -0.3 is 9.15 Å². The maximum atomic E-state index is 12.8. The van der Waals surface area contributed by atoms with Crippen molar-refractivity contribution in [1.29, 1.82) is 0 Å². The number of hydrogen-bond acceptors (Lipinski definition) is 4. The summed E-state index contributed by atoms with van der Waals surface area (Å²) in [4.78, 5) is 15.6. The van der Waals surface area contributed by atoms with Gasteiger partial charge >= 0.3 is 5.97 Å². The molecule has 0 aliphatic heterocycles. The molecule has 2 rings (SSSR count). The van der Waals surface area contributed by atoms with Crippen molar-refractivity contribution in [2.24, 2.45) is 0 Å². The van der Waals surface area contributed by atoms with Crippen molar-refractivity contribution >= 4 is 5.97 Å². The third-order valence-electron chi connectivity index (χ3n) is 2.36. The number of ether oxygens (including phenoxy) is 1. The van der Waals surface area contributed by atoms with Crippen molar-refractivity contribution in [3.8, 4) is 11.5 Å². The maximum absolute atomic E-state index is 12.8. The lowest BCUT2D eigenvalue weighted by molar-refractivity contribution is 0.0518. The summed E-state index contributed by atoms with van der Waals surface area (Å²) in [7, 11) is 0. The highest BCUT2D eigenvalue weighted by Crippen LogP contribution is 2.22. The topological polar surface area (TPSA) is 52.3 Å². The molecule has 4 nitrogen and oxygen atoms in total. The standard InChI is InChI=1S/C13H12FNO3/c1-3-17-13(16)11-8(2)18-12(15-11)9-4-6-10(14)7-5-9/h4-7H,3H2,1-2H3. The van der Waals surface area contributed by atoms with Crippen LogP contribution in [0.3, 0.4) is 0 Å². The monoisotopic (exact) mass is 249 g/mol. The average Bonchev–Trinajstić information content (AvgIpc) is 2.72. The van der Waals surface area contributed by atoms with Gasteiger partial charge in [-0.15, -0.1) is 0 Å². The van der Waals surface area contributed by atoms with Gasteiger partial charge in [-0.1, -0.05) is 0 Å². The van der Waals surface area contributed by atoms with Gasteiger partial charge in [-0.25, -0.2) is 14.2 Å². The van der Waals surface area contributed by atoms with Crippen LogP contribution < -0.4 is 0 Å². The average molecular weight is 249 g/mol. The molecule has 0 saturated heterocycles. The van der Waals surface area contributed by atoms with E-state index in [0.29, 0.717) is 11.3 Å². The van der Waals surface area contributed by atoms with Crippen LogP contribution in [0.1, 0.15) is 23.2 Å². The molecule has 2 aromatic rings. The zero-order valence-electron chi connectivity index (χ0n) is 10.1. The molecule has 0 radical (unpaired) electrons. The molecule has 0 N–H and O–H groups in total. The van der Waals surface area contributed by atoms with Crippen molar-refractivity contribution in [2.45, 2.75) is 13.8 Å². The minimum atomic E-state index is -0.521. The molecule has 18 heavy (non-hydrogen) atoms. The highest BCUT2D eigenvalue weighted by Gasteiger charge is 2.18. The van der Waals surface area contributed by atoms with E-state index in [1.807, 2.05) is 0 Å². The number of aryl methyl sites for hydroxylation is 1. The van der Waals surface area contributed by atoms with Crippen LogP contribution in [0, 0.1) is 12.7 Å². The quantitative estimate of drug-likeness (QED) is 0.785. The van der Waals surface area contributed by atoms with E-state index in [9.17, 15) is 9.18 Å². The predicted octanol–water partition coefficient (Wildman–Crippen LogP) is 2.97. The van der Waals surface area contributed by atoms with E-state index in [4.69, 9.17) is 9.15 Å². The lowest BCUT2D eigenvalue weighted by Gasteiger charge is -1.96. The summed E-state index contributed by atoms with van der Waals surface area (Å²) in [5.74, 6) is -0.205. The van der Waals surface area contributed by atoms with E-state index in [2.05, 4.69) is 4.98 Å². The molecule has 0 spiro atoms. The Morgan fingerprint density at radius 2 is 2.06 bits per heavy atom. The summed E-state index contributed by atoms with van der Waals surface area (Å²) in [5.41, 5.74) is 0.756. The second-order valence-corrected chi connectivity index (χ2v) is 3.65. The van der Waals surface area contributed by atoms with Crippen LogP contribution in [0.25, 0.3) is 11.5 Å². The van der Waals surface area contributed by atoms with Gasteiger partial charge in [0.05, 0.1) is 6.61 Å². The largest absolute Gasteiger partial charge is 0.461 e. The summed E-state index contributed by atoms with van der Waals surface area (Å²) in [5, 5.41) is 0. The lowest BCUT2D eigenvalue weighted by Crippen LogP contribution is -2.06. The summed E-state index contributed by atoms with van der Waals surface area (Å²) in [6, 6.07) is 5.68. The molecule has 5 heteroatoms. The van der Waals surface area contributed by atoms with E-state index >= 15 is 0 Å². The molecule has 1 aromatic heterocycles. The van der Waals surface area contributed by atoms with Gasteiger partial charge in [0.1, 0.15) is 11.6 Å². The van der Waals surface area contributed by atoms with Crippen molar-refractivity contribution in [3.05, 3.63) is 41.5 Å². The van der Waals surface area contributed by atoms with Crippen LogP contribution in [0.5, 0.6) is 0 Å². The molecular weight excluding hydrogens is 237 g/mol. The second kappa shape index (κ2) is 5.00. The molecule has 0 saturated carbocycles. The number of carbonyl (C=O) groups is 1. The fourth-order valence-corrected chi connectivity index (χ4v) is 1.50. The summed E-state index contributed by atoms with van der Waals surface area (Å²) < 4.78 is 23.0. The van der Waals surface area contributed by atoms with Crippen LogP contribution in [-0.2, 0) is 4.74 Å². The molecule has 0 fully saturated rings. The fraction of sp³-hybridized carbons (Fsp3) is 0.231. The number of aromatic nitrogens is 1. The van der Waals surface area contributed by atoms with Gasteiger partial charge in [0, 0.05) is 5.56 Å². The highest BCUT2D eigenvalue weighted by molar-refractivity contribution is 5.88.